The summed E-state index contributed by atoms with van der Waals surface area (Å²) < 4.78 is 5.51. The standard InChI is InChI=1S/C14H17ClN4O/c1-4-14(2,3)9-5-7-10(8-6-9)20-13-18-11(15)17-12(16)19-13/h5-8H,4H2,1-3H3,(H2,16,17,18,19). The van der Waals surface area contributed by atoms with E-state index < -0.39 is 0 Å². The fourth-order valence-electron chi connectivity index (χ4n) is 1.68. The van der Waals surface area contributed by atoms with Crippen molar-refractivity contribution >= 4 is 17.5 Å². The van der Waals surface area contributed by atoms with Crippen LogP contribution < -0.4 is 10.5 Å². The monoisotopic (exact) mass is 292 g/mol. The lowest BCUT2D eigenvalue weighted by Gasteiger charge is -2.23. The Kier molecular flexibility index (Phi) is 4.09. The molecule has 0 aliphatic heterocycles. The topological polar surface area (TPSA) is 73.9 Å². The van der Waals surface area contributed by atoms with E-state index in [0.717, 1.165) is 6.42 Å². The minimum atomic E-state index is 0.0104. The van der Waals surface area contributed by atoms with Gasteiger partial charge < -0.3 is 10.5 Å². The van der Waals surface area contributed by atoms with Gasteiger partial charge in [-0.15, -0.1) is 0 Å². The van der Waals surface area contributed by atoms with Crippen LogP contribution in [0.4, 0.5) is 5.95 Å². The lowest BCUT2D eigenvalue weighted by molar-refractivity contribution is 0.439. The number of ether oxygens (including phenoxy) is 1. The van der Waals surface area contributed by atoms with Crippen molar-refractivity contribution in [2.75, 3.05) is 5.73 Å². The van der Waals surface area contributed by atoms with Gasteiger partial charge in [0.05, 0.1) is 0 Å². The average molecular weight is 293 g/mol. The maximum atomic E-state index is 5.70. The molecular weight excluding hydrogens is 276 g/mol. The number of halogens is 1. The fraction of sp³-hybridized carbons (Fsp3) is 0.357. The predicted molar refractivity (Wildman–Crippen MR) is 79.1 cm³/mol. The van der Waals surface area contributed by atoms with Crippen LogP contribution in [0.5, 0.6) is 11.8 Å². The molecule has 0 aliphatic carbocycles. The van der Waals surface area contributed by atoms with Gasteiger partial charge in [-0.25, -0.2) is 0 Å². The van der Waals surface area contributed by atoms with Gasteiger partial charge in [0.2, 0.25) is 11.2 Å². The van der Waals surface area contributed by atoms with Crippen LogP contribution in [0, 0.1) is 0 Å². The number of anilines is 1. The molecule has 0 fully saturated rings. The fourth-order valence-corrected chi connectivity index (χ4v) is 1.83. The molecule has 2 N–H and O–H groups in total. The van der Waals surface area contributed by atoms with Crippen LogP contribution in [0.2, 0.25) is 5.28 Å². The molecule has 1 aromatic carbocycles. The zero-order valence-electron chi connectivity index (χ0n) is 11.7. The van der Waals surface area contributed by atoms with Gasteiger partial charge in [-0.3, -0.25) is 0 Å². The van der Waals surface area contributed by atoms with Gasteiger partial charge in [0.15, 0.2) is 0 Å². The van der Waals surface area contributed by atoms with Crippen LogP contribution in [-0.2, 0) is 5.41 Å². The maximum Gasteiger partial charge on any atom is 0.328 e. The normalized spacial score (nSPS) is 11.4. The largest absolute Gasteiger partial charge is 0.424 e. The Hall–Kier alpha value is -1.88. The molecule has 5 nitrogen and oxygen atoms in total. The third-order valence-corrected chi connectivity index (χ3v) is 3.50. The predicted octanol–water partition coefficient (Wildman–Crippen LogP) is 3.59. The van der Waals surface area contributed by atoms with E-state index in [-0.39, 0.29) is 22.7 Å². The van der Waals surface area contributed by atoms with Gasteiger partial charge in [-0.2, -0.15) is 15.0 Å². The van der Waals surface area contributed by atoms with Crippen molar-refractivity contribution in [2.45, 2.75) is 32.6 Å². The molecule has 0 bridgehead atoms. The second-order valence-corrected chi connectivity index (χ2v) is 5.45. The third-order valence-electron chi connectivity index (χ3n) is 3.33. The van der Waals surface area contributed by atoms with Crippen molar-refractivity contribution in [3.8, 4) is 11.8 Å². The lowest BCUT2D eigenvalue weighted by Crippen LogP contribution is -2.14. The summed E-state index contributed by atoms with van der Waals surface area (Å²) in [5, 5.41) is 0.0104. The van der Waals surface area contributed by atoms with E-state index in [1.807, 2.05) is 24.3 Å². The zero-order chi connectivity index (χ0) is 14.8. The summed E-state index contributed by atoms with van der Waals surface area (Å²) in [6, 6.07) is 7.90. The highest BCUT2D eigenvalue weighted by atomic mass is 35.5. The Morgan fingerprint density at radius 1 is 1.15 bits per heavy atom. The minimum absolute atomic E-state index is 0.0104. The molecule has 0 atom stereocenters. The Morgan fingerprint density at radius 3 is 2.35 bits per heavy atom. The second-order valence-electron chi connectivity index (χ2n) is 5.11. The van der Waals surface area contributed by atoms with Crippen molar-refractivity contribution in [1.82, 2.24) is 15.0 Å². The Balaban J connectivity index is 2.19. The molecule has 106 valence electrons. The number of hydrogen-bond acceptors (Lipinski definition) is 5. The van der Waals surface area contributed by atoms with Crippen molar-refractivity contribution in [3.63, 3.8) is 0 Å². The Morgan fingerprint density at radius 2 is 1.80 bits per heavy atom. The molecule has 0 saturated carbocycles. The molecule has 2 aromatic rings. The summed E-state index contributed by atoms with van der Waals surface area (Å²) in [6.07, 6.45) is 1.06. The summed E-state index contributed by atoms with van der Waals surface area (Å²) in [6.45, 7) is 6.57. The van der Waals surface area contributed by atoms with E-state index >= 15 is 0 Å². The van der Waals surface area contributed by atoms with Crippen molar-refractivity contribution in [3.05, 3.63) is 35.1 Å². The van der Waals surface area contributed by atoms with Crippen LogP contribution in [-0.4, -0.2) is 15.0 Å². The van der Waals surface area contributed by atoms with E-state index in [0.29, 0.717) is 5.75 Å². The molecule has 0 radical (unpaired) electrons. The number of rotatable bonds is 4. The molecular formula is C14H17ClN4O. The maximum absolute atomic E-state index is 5.70. The lowest BCUT2D eigenvalue weighted by atomic mass is 9.82. The number of aromatic nitrogens is 3. The number of hydrogen-bond donors (Lipinski definition) is 1. The Bertz CT molecular complexity index is 578. The van der Waals surface area contributed by atoms with E-state index in [1.165, 1.54) is 5.56 Å². The van der Waals surface area contributed by atoms with Crippen LogP contribution in [0.1, 0.15) is 32.8 Å². The van der Waals surface area contributed by atoms with Crippen LogP contribution in [0.15, 0.2) is 24.3 Å². The van der Waals surface area contributed by atoms with Crippen molar-refractivity contribution < 1.29 is 4.74 Å². The smallest absolute Gasteiger partial charge is 0.328 e. The molecule has 2 rings (SSSR count). The summed E-state index contributed by atoms with van der Waals surface area (Å²) >= 11 is 5.70. The SMILES string of the molecule is CCC(C)(C)c1ccc(Oc2nc(N)nc(Cl)n2)cc1. The first kappa shape index (κ1) is 14.5. The van der Waals surface area contributed by atoms with Crippen LogP contribution in [0.25, 0.3) is 0 Å². The first-order valence-electron chi connectivity index (χ1n) is 6.36. The second kappa shape index (κ2) is 5.63. The molecule has 1 aromatic heterocycles. The van der Waals surface area contributed by atoms with Gasteiger partial charge in [-0.05, 0) is 41.1 Å². The van der Waals surface area contributed by atoms with E-state index in [2.05, 4.69) is 35.7 Å². The highest BCUT2D eigenvalue weighted by Gasteiger charge is 2.17. The summed E-state index contributed by atoms with van der Waals surface area (Å²) in [5.74, 6) is 0.658. The zero-order valence-corrected chi connectivity index (χ0v) is 12.5. The van der Waals surface area contributed by atoms with E-state index in [9.17, 15) is 0 Å². The summed E-state index contributed by atoms with van der Waals surface area (Å²) in [5.41, 5.74) is 6.87. The summed E-state index contributed by atoms with van der Waals surface area (Å²) in [4.78, 5) is 11.4. The first-order valence-corrected chi connectivity index (χ1v) is 6.74. The van der Waals surface area contributed by atoms with Gasteiger partial charge in [-0.1, -0.05) is 32.9 Å². The highest BCUT2D eigenvalue weighted by molar-refractivity contribution is 6.28. The van der Waals surface area contributed by atoms with E-state index in [1.54, 1.807) is 0 Å². The molecule has 0 unspecified atom stereocenters. The van der Waals surface area contributed by atoms with Gasteiger partial charge in [0.25, 0.3) is 0 Å². The van der Waals surface area contributed by atoms with Crippen molar-refractivity contribution in [2.24, 2.45) is 0 Å². The van der Waals surface area contributed by atoms with Gasteiger partial charge in [0, 0.05) is 0 Å². The van der Waals surface area contributed by atoms with Crippen molar-refractivity contribution in [1.29, 1.82) is 0 Å². The quantitative estimate of drug-likeness (QED) is 0.932. The summed E-state index contributed by atoms with van der Waals surface area (Å²) in [7, 11) is 0. The first-order chi connectivity index (χ1) is 9.40. The minimum Gasteiger partial charge on any atom is -0.424 e. The van der Waals surface area contributed by atoms with E-state index in [4.69, 9.17) is 22.1 Å². The molecule has 0 aliphatic rings. The number of nitrogen functional groups attached to an aromatic ring is 1. The number of nitrogens with two attached hydrogens (primary N) is 1. The number of benzene rings is 1. The molecule has 20 heavy (non-hydrogen) atoms. The number of nitrogens with zero attached hydrogens (tertiary/aromatic N) is 3. The molecule has 0 saturated heterocycles. The van der Waals surface area contributed by atoms with Gasteiger partial charge in [0.1, 0.15) is 5.75 Å². The van der Waals surface area contributed by atoms with Crippen LogP contribution >= 0.6 is 11.6 Å². The third kappa shape index (κ3) is 3.36. The molecule has 6 heteroatoms. The van der Waals surface area contributed by atoms with Crippen LogP contribution in [0.3, 0.4) is 0 Å². The highest BCUT2D eigenvalue weighted by Crippen LogP contribution is 2.29. The molecule has 0 amide bonds. The average Bonchev–Trinajstić information content (AvgIpc) is 2.38. The Labute approximate surface area is 123 Å². The van der Waals surface area contributed by atoms with Gasteiger partial charge >= 0.3 is 6.01 Å². The molecule has 0 spiro atoms. The molecule has 1 heterocycles.